The molecule has 22 heavy (non-hydrogen) atoms. The van der Waals surface area contributed by atoms with Crippen LogP contribution in [0.25, 0.3) is 0 Å². The summed E-state index contributed by atoms with van der Waals surface area (Å²) in [5, 5.41) is 23.3. The highest BCUT2D eigenvalue weighted by Crippen LogP contribution is 2.15. The first kappa shape index (κ1) is 14.9. The maximum atomic E-state index is 12.1. The van der Waals surface area contributed by atoms with E-state index >= 15 is 0 Å². The number of benzene rings is 2. The minimum atomic E-state index is -0.521. The fraction of sp³-hybridized carbons (Fsp3) is 0. The Morgan fingerprint density at radius 2 is 1.77 bits per heavy atom. The van der Waals surface area contributed by atoms with Gasteiger partial charge in [-0.15, -0.1) is 0 Å². The van der Waals surface area contributed by atoms with Crippen molar-refractivity contribution in [1.29, 1.82) is 5.26 Å². The lowest BCUT2D eigenvalue weighted by molar-refractivity contribution is -0.384. The second-order valence-electron chi connectivity index (χ2n) is 4.18. The van der Waals surface area contributed by atoms with Crippen LogP contribution in [-0.2, 0) is 0 Å². The number of carbonyl (C=O) groups excluding carboxylic acids is 1. The van der Waals surface area contributed by atoms with Gasteiger partial charge in [0.1, 0.15) is 6.07 Å². The van der Waals surface area contributed by atoms with Crippen LogP contribution in [0.15, 0.2) is 59.7 Å². The molecule has 7 nitrogen and oxygen atoms in total. The minimum absolute atomic E-state index is 0.0598. The summed E-state index contributed by atoms with van der Waals surface area (Å²) in [7, 11) is 0. The standard InChI is InChI=1S/C15H10N4O3/c16-10-14(15(20)11-4-2-1-3-5-11)18-17-12-6-8-13(9-7-12)19(21)22/h1-9,17H/b18-14+. The van der Waals surface area contributed by atoms with Crippen molar-refractivity contribution >= 4 is 22.9 Å². The Kier molecular flexibility index (Phi) is 4.57. The Bertz CT molecular complexity index is 762. The maximum absolute atomic E-state index is 12.1. The zero-order valence-corrected chi connectivity index (χ0v) is 11.3. The highest BCUT2D eigenvalue weighted by atomic mass is 16.6. The molecule has 0 fully saturated rings. The molecule has 1 N–H and O–H groups in total. The predicted octanol–water partition coefficient (Wildman–Crippen LogP) is 2.77. The molecule has 0 amide bonds. The van der Waals surface area contributed by atoms with Gasteiger partial charge in [0.2, 0.25) is 11.5 Å². The van der Waals surface area contributed by atoms with E-state index in [1.165, 1.54) is 24.3 Å². The third kappa shape index (κ3) is 3.52. The minimum Gasteiger partial charge on any atom is -0.286 e. The highest BCUT2D eigenvalue weighted by Gasteiger charge is 2.13. The third-order valence-electron chi connectivity index (χ3n) is 2.73. The van der Waals surface area contributed by atoms with Gasteiger partial charge in [-0.05, 0) is 12.1 Å². The molecule has 7 heteroatoms. The SMILES string of the molecule is N#C/C(=N\Nc1ccc([N+](=O)[O-])cc1)C(=O)c1ccccc1. The molecule has 0 radical (unpaired) electrons. The number of hydrogen-bond acceptors (Lipinski definition) is 6. The van der Waals surface area contributed by atoms with Gasteiger partial charge in [-0.1, -0.05) is 30.3 Å². The lowest BCUT2D eigenvalue weighted by Crippen LogP contribution is -2.14. The van der Waals surface area contributed by atoms with Crippen LogP contribution in [0.2, 0.25) is 0 Å². The van der Waals surface area contributed by atoms with Gasteiger partial charge in [-0.25, -0.2) is 0 Å². The second kappa shape index (κ2) is 6.76. The fourth-order valence-corrected chi connectivity index (χ4v) is 1.63. The number of nitro groups is 1. The number of Topliss-reactive ketones (excluding diaryl/α,β-unsaturated/α-hetero) is 1. The van der Waals surface area contributed by atoms with Crippen molar-refractivity contribution in [3.8, 4) is 6.07 Å². The van der Waals surface area contributed by atoms with Crippen molar-refractivity contribution in [3.05, 3.63) is 70.3 Å². The van der Waals surface area contributed by atoms with Gasteiger partial charge in [0, 0.05) is 17.7 Å². The lowest BCUT2D eigenvalue weighted by Gasteiger charge is -2.01. The Morgan fingerprint density at radius 3 is 2.32 bits per heavy atom. The van der Waals surface area contributed by atoms with E-state index in [4.69, 9.17) is 5.26 Å². The largest absolute Gasteiger partial charge is 0.286 e. The summed E-state index contributed by atoms with van der Waals surface area (Å²) in [4.78, 5) is 22.1. The Hall–Kier alpha value is -3.53. The number of nitro benzene ring substituents is 1. The van der Waals surface area contributed by atoms with E-state index in [-0.39, 0.29) is 11.4 Å². The number of non-ortho nitro benzene ring substituents is 1. The zero-order chi connectivity index (χ0) is 15.9. The van der Waals surface area contributed by atoms with Crippen LogP contribution in [0.5, 0.6) is 0 Å². The van der Waals surface area contributed by atoms with Gasteiger partial charge >= 0.3 is 0 Å². The molecule has 0 aliphatic heterocycles. The van der Waals surface area contributed by atoms with E-state index in [1.54, 1.807) is 36.4 Å². The summed E-state index contributed by atoms with van der Waals surface area (Å²) < 4.78 is 0. The molecule has 0 aromatic heterocycles. The van der Waals surface area contributed by atoms with E-state index in [9.17, 15) is 14.9 Å². The number of ketones is 1. The molecular formula is C15H10N4O3. The topological polar surface area (TPSA) is 108 Å². The van der Waals surface area contributed by atoms with Gasteiger partial charge in [-0.3, -0.25) is 20.3 Å². The third-order valence-corrected chi connectivity index (χ3v) is 2.73. The Balaban J connectivity index is 2.15. The fourth-order valence-electron chi connectivity index (χ4n) is 1.63. The number of nitrogens with zero attached hydrogens (tertiary/aromatic N) is 3. The van der Waals surface area contributed by atoms with Crippen molar-refractivity contribution in [2.75, 3.05) is 5.43 Å². The van der Waals surface area contributed by atoms with Crippen molar-refractivity contribution in [2.24, 2.45) is 5.10 Å². The highest BCUT2D eigenvalue weighted by molar-refractivity contribution is 6.51. The van der Waals surface area contributed by atoms with E-state index in [1.807, 2.05) is 0 Å². The number of hydrogen-bond donors (Lipinski definition) is 1. The first-order chi connectivity index (χ1) is 10.6. The van der Waals surface area contributed by atoms with Crippen LogP contribution in [-0.4, -0.2) is 16.4 Å². The van der Waals surface area contributed by atoms with Gasteiger partial charge in [0.25, 0.3) is 5.69 Å². The quantitative estimate of drug-likeness (QED) is 0.394. The molecule has 0 aliphatic rings. The van der Waals surface area contributed by atoms with Crippen molar-refractivity contribution < 1.29 is 9.72 Å². The molecule has 0 heterocycles. The van der Waals surface area contributed by atoms with Gasteiger partial charge in [-0.2, -0.15) is 10.4 Å². The number of anilines is 1. The Labute approximate surface area is 125 Å². The molecule has 108 valence electrons. The first-order valence-electron chi connectivity index (χ1n) is 6.20. The monoisotopic (exact) mass is 294 g/mol. The molecular weight excluding hydrogens is 284 g/mol. The van der Waals surface area contributed by atoms with Crippen LogP contribution in [0.4, 0.5) is 11.4 Å². The average Bonchev–Trinajstić information content (AvgIpc) is 2.56. The summed E-state index contributed by atoms with van der Waals surface area (Å²) in [5.74, 6) is -0.502. The molecule has 0 spiro atoms. The van der Waals surface area contributed by atoms with Crippen molar-refractivity contribution in [2.45, 2.75) is 0 Å². The lowest BCUT2D eigenvalue weighted by atomic mass is 10.1. The van der Waals surface area contributed by atoms with Crippen LogP contribution < -0.4 is 5.43 Å². The molecule has 0 bridgehead atoms. The predicted molar refractivity (Wildman–Crippen MR) is 80.5 cm³/mol. The number of nitriles is 1. The molecule has 2 rings (SSSR count). The van der Waals surface area contributed by atoms with E-state index in [0.717, 1.165) is 0 Å². The van der Waals surface area contributed by atoms with E-state index < -0.39 is 10.7 Å². The van der Waals surface area contributed by atoms with E-state index in [0.29, 0.717) is 11.3 Å². The zero-order valence-electron chi connectivity index (χ0n) is 11.3. The molecule has 0 atom stereocenters. The maximum Gasteiger partial charge on any atom is 0.269 e. The van der Waals surface area contributed by atoms with Crippen LogP contribution in [0, 0.1) is 21.4 Å². The number of carbonyl (C=O) groups is 1. The summed E-state index contributed by atoms with van der Waals surface area (Å²) in [5.41, 5.74) is 2.96. The smallest absolute Gasteiger partial charge is 0.269 e. The molecule has 2 aromatic carbocycles. The summed E-state index contributed by atoms with van der Waals surface area (Å²) in [6.07, 6.45) is 0. The molecule has 0 saturated heterocycles. The molecule has 0 unspecified atom stereocenters. The summed E-state index contributed by atoms with van der Waals surface area (Å²) >= 11 is 0. The number of rotatable bonds is 5. The van der Waals surface area contributed by atoms with Crippen LogP contribution in [0.1, 0.15) is 10.4 Å². The van der Waals surface area contributed by atoms with E-state index in [2.05, 4.69) is 10.5 Å². The Morgan fingerprint density at radius 1 is 1.14 bits per heavy atom. The number of hydrazone groups is 1. The molecule has 0 saturated carbocycles. The van der Waals surface area contributed by atoms with Gasteiger partial charge in [0.05, 0.1) is 10.6 Å². The van der Waals surface area contributed by atoms with Crippen LogP contribution >= 0.6 is 0 Å². The van der Waals surface area contributed by atoms with Crippen molar-refractivity contribution in [3.63, 3.8) is 0 Å². The number of nitrogens with one attached hydrogen (secondary N) is 1. The van der Waals surface area contributed by atoms with Crippen LogP contribution in [0.3, 0.4) is 0 Å². The van der Waals surface area contributed by atoms with Gasteiger partial charge < -0.3 is 0 Å². The molecule has 0 aliphatic carbocycles. The first-order valence-corrected chi connectivity index (χ1v) is 6.20. The average molecular weight is 294 g/mol. The second-order valence-corrected chi connectivity index (χ2v) is 4.18. The summed E-state index contributed by atoms with van der Waals surface area (Å²) in [6.45, 7) is 0. The van der Waals surface area contributed by atoms with Crippen molar-refractivity contribution in [1.82, 2.24) is 0 Å². The normalized spacial score (nSPS) is 10.6. The summed E-state index contributed by atoms with van der Waals surface area (Å²) in [6, 6.07) is 15.5. The van der Waals surface area contributed by atoms with Gasteiger partial charge in [0.15, 0.2) is 0 Å². The molecule has 2 aromatic rings.